The molecule has 8 heteroatoms. The van der Waals surface area contributed by atoms with Crippen molar-refractivity contribution < 1.29 is 22.7 Å². The molecule has 1 amide bonds. The Kier molecular flexibility index (Phi) is 8.66. The number of rotatable bonds is 11. The van der Waals surface area contributed by atoms with E-state index in [0.29, 0.717) is 18.0 Å². The summed E-state index contributed by atoms with van der Waals surface area (Å²) >= 11 is 0. The van der Waals surface area contributed by atoms with E-state index in [4.69, 9.17) is 9.47 Å². The van der Waals surface area contributed by atoms with Crippen molar-refractivity contribution in [2.24, 2.45) is 0 Å². The Hall–Kier alpha value is -4.30. The largest absolute Gasteiger partial charge is 0.497 e. The second-order valence-corrected chi connectivity index (χ2v) is 10.6. The molecule has 0 atom stereocenters. The van der Waals surface area contributed by atoms with Crippen LogP contribution in [0.15, 0.2) is 108 Å². The van der Waals surface area contributed by atoms with Crippen molar-refractivity contribution in [1.82, 2.24) is 5.32 Å². The van der Waals surface area contributed by atoms with Crippen LogP contribution in [0.3, 0.4) is 0 Å². The number of hydrogen-bond donors (Lipinski definition) is 1. The third-order valence-electron chi connectivity index (χ3n) is 5.92. The number of hydrogen-bond acceptors (Lipinski definition) is 5. The number of anilines is 1. The number of carbonyl (C=O) groups excluding carboxylic acids is 1. The van der Waals surface area contributed by atoms with Crippen LogP contribution in [0.1, 0.15) is 16.7 Å². The van der Waals surface area contributed by atoms with Gasteiger partial charge in [-0.25, -0.2) is 8.42 Å². The number of benzene rings is 4. The van der Waals surface area contributed by atoms with Gasteiger partial charge in [-0.15, -0.1) is 0 Å². The van der Waals surface area contributed by atoms with Crippen molar-refractivity contribution in [3.63, 3.8) is 0 Å². The third kappa shape index (κ3) is 6.92. The molecule has 0 bridgehead atoms. The van der Waals surface area contributed by atoms with Gasteiger partial charge in [-0.05, 0) is 66.6 Å². The Labute approximate surface area is 223 Å². The van der Waals surface area contributed by atoms with Gasteiger partial charge in [0.2, 0.25) is 0 Å². The van der Waals surface area contributed by atoms with Crippen LogP contribution in [0.25, 0.3) is 0 Å². The van der Waals surface area contributed by atoms with Crippen molar-refractivity contribution >= 4 is 21.6 Å². The Morgan fingerprint density at radius 3 is 2.05 bits per heavy atom. The maximum atomic E-state index is 13.6. The molecule has 0 aliphatic rings. The van der Waals surface area contributed by atoms with Crippen LogP contribution >= 0.6 is 0 Å². The van der Waals surface area contributed by atoms with Crippen LogP contribution in [0.5, 0.6) is 11.5 Å². The van der Waals surface area contributed by atoms with E-state index >= 15 is 0 Å². The van der Waals surface area contributed by atoms with Gasteiger partial charge in [-0.3, -0.25) is 9.10 Å². The predicted octanol–water partition coefficient (Wildman–Crippen LogP) is 5.09. The maximum Gasteiger partial charge on any atom is 0.264 e. The number of nitrogens with zero attached hydrogens (tertiary/aromatic N) is 1. The minimum atomic E-state index is -3.83. The quantitative estimate of drug-likeness (QED) is 0.292. The summed E-state index contributed by atoms with van der Waals surface area (Å²) in [7, 11) is -2.22. The first-order valence-electron chi connectivity index (χ1n) is 12.1. The van der Waals surface area contributed by atoms with Crippen LogP contribution in [-0.2, 0) is 27.9 Å². The lowest BCUT2D eigenvalue weighted by Gasteiger charge is -2.25. The fourth-order valence-electron chi connectivity index (χ4n) is 3.75. The number of ether oxygens (including phenoxy) is 2. The van der Waals surface area contributed by atoms with E-state index in [1.54, 1.807) is 55.6 Å². The van der Waals surface area contributed by atoms with E-state index in [-0.39, 0.29) is 24.0 Å². The lowest BCUT2D eigenvalue weighted by molar-refractivity contribution is -0.123. The lowest BCUT2D eigenvalue weighted by atomic mass is 10.2. The number of sulfonamides is 1. The summed E-state index contributed by atoms with van der Waals surface area (Å²) in [6.07, 6.45) is 0. The van der Waals surface area contributed by atoms with E-state index in [1.807, 2.05) is 61.5 Å². The minimum Gasteiger partial charge on any atom is -0.497 e. The summed E-state index contributed by atoms with van der Waals surface area (Å²) in [5, 5.41) is 2.81. The molecule has 4 aromatic carbocycles. The third-order valence-corrected chi connectivity index (χ3v) is 7.71. The summed E-state index contributed by atoms with van der Waals surface area (Å²) in [6.45, 7) is 2.29. The average Bonchev–Trinajstić information content (AvgIpc) is 2.95. The van der Waals surface area contributed by atoms with Crippen molar-refractivity contribution in [2.75, 3.05) is 18.0 Å². The minimum absolute atomic E-state index is 0.162. The first kappa shape index (κ1) is 26.8. The van der Waals surface area contributed by atoms with Gasteiger partial charge in [0.15, 0.2) is 6.61 Å². The second-order valence-electron chi connectivity index (χ2n) is 8.72. The first-order chi connectivity index (χ1) is 18.3. The normalized spacial score (nSPS) is 11.0. The molecular formula is C30H30N2O5S. The smallest absolute Gasteiger partial charge is 0.264 e. The highest BCUT2D eigenvalue weighted by Crippen LogP contribution is 2.28. The Morgan fingerprint density at radius 2 is 1.42 bits per heavy atom. The van der Waals surface area contributed by atoms with Gasteiger partial charge >= 0.3 is 0 Å². The number of nitrogens with one attached hydrogen (secondary N) is 1. The molecule has 0 heterocycles. The lowest BCUT2D eigenvalue weighted by Crippen LogP contribution is -2.30. The van der Waals surface area contributed by atoms with Gasteiger partial charge < -0.3 is 14.8 Å². The molecule has 4 aromatic rings. The number of aryl methyl sites for hydroxylation is 1. The molecule has 0 unspecified atom stereocenters. The van der Waals surface area contributed by atoms with E-state index in [0.717, 1.165) is 22.4 Å². The van der Waals surface area contributed by atoms with Gasteiger partial charge in [0.05, 0.1) is 24.2 Å². The Morgan fingerprint density at radius 1 is 0.789 bits per heavy atom. The van der Waals surface area contributed by atoms with Crippen molar-refractivity contribution in [1.29, 1.82) is 0 Å². The van der Waals surface area contributed by atoms with Crippen LogP contribution in [0.2, 0.25) is 0 Å². The zero-order valence-electron chi connectivity index (χ0n) is 21.3. The fourth-order valence-corrected chi connectivity index (χ4v) is 5.21. The van der Waals surface area contributed by atoms with Crippen molar-refractivity contribution in [3.05, 3.63) is 120 Å². The molecule has 7 nitrogen and oxygen atoms in total. The molecule has 0 spiro atoms. The van der Waals surface area contributed by atoms with E-state index in [9.17, 15) is 13.2 Å². The molecule has 1 N–H and O–H groups in total. The Bertz CT molecular complexity index is 1440. The van der Waals surface area contributed by atoms with Gasteiger partial charge in [0.1, 0.15) is 11.5 Å². The molecule has 0 aliphatic carbocycles. The van der Waals surface area contributed by atoms with E-state index < -0.39 is 10.0 Å². The molecule has 0 aromatic heterocycles. The van der Waals surface area contributed by atoms with Crippen LogP contribution in [-0.4, -0.2) is 28.0 Å². The molecule has 38 heavy (non-hydrogen) atoms. The fraction of sp³-hybridized carbons (Fsp3) is 0.167. The summed E-state index contributed by atoms with van der Waals surface area (Å²) in [5.74, 6) is 0.944. The zero-order valence-corrected chi connectivity index (χ0v) is 22.1. The number of carbonyl (C=O) groups is 1. The SMILES string of the molecule is COc1ccc(CNC(=O)COc2ccc(N(Cc3ccccc3)S(=O)(=O)c3ccc(C)cc3)cc2)cc1. The summed E-state index contributed by atoms with van der Waals surface area (Å²) in [4.78, 5) is 12.5. The molecule has 0 radical (unpaired) electrons. The van der Waals surface area contributed by atoms with Gasteiger partial charge in [0.25, 0.3) is 15.9 Å². The highest BCUT2D eigenvalue weighted by molar-refractivity contribution is 7.92. The Balaban J connectivity index is 1.43. The molecule has 4 rings (SSSR count). The first-order valence-corrected chi connectivity index (χ1v) is 13.5. The highest BCUT2D eigenvalue weighted by Gasteiger charge is 2.25. The summed E-state index contributed by atoms with van der Waals surface area (Å²) in [5.41, 5.74) is 3.27. The molecule has 0 fully saturated rings. The van der Waals surface area contributed by atoms with Crippen molar-refractivity contribution in [3.8, 4) is 11.5 Å². The van der Waals surface area contributed by atoms with Gasteiger partial charge in [-0.1, -0.05) is 60.2 Å². The molecule has 0 saturated carbocycles. The summed E-state index contributed by atoms with van der Waals surface area (Å²) < 4.78 is 39.4. The van der Waals surface area contributed by atoms with Crippen LogP contribution in [0.4, 0.5) is 5.69 Å². The molecular weight excluding hydrogens is 500 g/mol. The summed E-state index contributed by atoms with van der Waals surface area (Å²) in [6, 6.07) is 30.3. The maximum absolute atomic E-state index is 13.6. The average molecular weight is 531 g/mol. The zero-order chi connectivity index (χ0) is 27.0. The van der Waals surface area contributed by atoms with E-state index in [1.165, 1.54) is 4.31 Å². The topological polar surface area (TPSA) is 84.9 Å². The van der Waals surface area contributed by atoms with Gasteiger partial charge in [0, 0.05) is 6.54 Å². The molecule has 196 valence electrons. The van der Waals surface area contributed by atoms with Crippen molar-refractivity contribution in [2.45, 2.75) is 24.9 Å². The van der Waals surface area contributed by atoms with Gasteiger partial charge in [-0.2, -0.15) is 0 Å². The molecule has 0 saturated heterocycles. The number of methoxy groups -OCH3 is 1. The predicted molar refractivity (Wildman–Crippen MR) is 148 cm³/mol. The monoisotopic (exact) mass is 530 g/mol. The highest BCUT2D eigenvalue weighted by atomic mass is 32.2. The van der Waals surface area contributed by atoms with Crippen LogP contribution < -0.4 is 19.1 Å². The van der Waals surface area contributed by atoms with Crippen LogP contribution in [0, 0.1) is 6.92 Å². The number of amides is 1. The standard InChI is InChI=1S/C30H30N2O5S/c1-23-8-18-29(19-9-23)38(34,35)32(21-25-6-4-3-5-7-25)26-12-16-28(17-13-26)37-22-30(33)31-20-24-10-14-27(36-2)15-11-24/h3-19H,20-22H2,1-2H3,(H,31,33). The van der Waals surface area contributed by atoms with E-state index in [2.05, 4.69) is 5.32 Å². The molecule has 0 aliphatic heterocycles. The second kappa shape index (κ2) is 12.3.